The second-order valence-electron chi connectivity index (χ2n) is 7.00. The van der Waals surface area contributed by atoms with Crippen molar-refractivity contribution >= 4 is 23.6 Å². The zero-order valence-corrected chi connectivity index (χ0v) is 17.8. The van der Waals surface area contributed by atoms with E-state index >= 15 is 0 Å². The van der Waals surface area contributed by atoms with Crippen molar-refractivity contribution in [3.63, 3.8) is 0 Å². The van der Waals surface area contributed by atoms with E-state index < -0.39 is 24.5 Å². The molecule has 2 aromatic rings. The summed E-state index contributed by atoms with van der Waals surface area (Å²) < 4.78 is 9.55. The molecule has 0 unspecified atom stereocenters. The van der Waals surface area contributed by atoms with E-state index in [0.29, 0.717) is 11.1 Å². The molecule has 0 fully saturated rings. The van der Waals surface area contributed by atoms with Crippen LogP contribution in [-0.2, 0) is 32.0 Å². The Morgan fingerprint density at radius 1 is 0.839 bits per heavy atom. The molecule has 0 aliphatic rings. The molecule has 2 rings (SSSR count). The van der Waals surface area contributed by atoms with E-state index in [4.69, 9.17) is 4.74 Å². The number of carbonyl (C=O) groups excluding carboxylic acids is 4. The molecule has 0 aromatic heterocycles. The number of carbonyl (C=O) groups is 4. The maximum atomic E-state index is 12.2. The van der Waals surface area contributed by atoms with E-state index in [1.165, 1.54) is 12.7 Å². The molecule has 0 saturated carbocycles. The van der Waals surface area contributed by atoms with Gasteiger partial charge in [-0.25, -0.2) is 4.79 Å². The number of esters is 2. The van der Waals surface area contributed by atoms with Crippen molar-refractivity contribution in [2.45, 2.75) is 39.2 Å². The smallest absolute Gasteiger partial charge is 0.337 e. The first-order chi connectivity index (χ1) is 14.9. The van der Waals surface area contributed by atoms with Crippen molar-refractivity contribution < 1.29 is 28.7 Å². The molecule has 7 heteroatoms. The molecule has 2 aromatic carbocycles. The van der Waals surface area contributed by atoms with Crippen LogP contribution in [-0.4, -0.2) is 37.3 Å². The lowest BCUT2D eigenvalue weighted by molar-refractivity contribution is -0.148. The summed E-state index contributed by atoms with van der Waals surface area (Å²) >= 11 is 0. The van der Waals surface area contributed by atoms with Gasteiger partial charge in [-0.2, -0.15) is 0 Å². The highest BCUT2D eigenvalue weighted by molar-refractivity contribution is 5.97. The van der Waals surface area contributed by atoms with Gasteiger partial charge < -0.3 is 14.8 Å². The molecular formula is C24H27NO6. The molecule has 0 saturated heterocycles. The number of hydrogen-bond acceptors (Lipinski definition) is 6. The summed E-state index contributed by atoms with van der Waals surface area (Å²) in [4.78, 5) is 47.3. The van der Waals surface area contributed by atoms with Crippen molar-refractivity contribution in [3.8, 4) is 0 Å². The van der Waals surface area contributed by atoms with Gasteiger partial charge in [-0.05, 0) is 29.7 Å². The number of nitrogens with one attached hydrogen (secondary N) is 1. The van der Waals surface area contributed by atoms with Crippen molar-refractivity contribution in [2.75, 3.05) is 13.7 Å². The Morgan fingerprint density at radius 3 is 2.06 bits per heavy atom. The molecule has 0 spiro atoms. The zero-order chi connectivity index (χ0) is 22.6. The SMILES string of the molecule is CCCc1ccc(C(=O)CCC(=O)OCC(=O)NCc2ccc(C(=O)OC)cc2)cc1. The van der Waals surface area contributed by atoms with E-state index in [-0.39, 0.29) is 25.2 Å². The quantitative estimate of drug-likeness (QED) is 0.438. The summed E-state index contributed by atoms with van der Waals surface area (Å²) in [5.41, 5.74) is 2.92. The van der Waals surface area contributed by atoms with E-state index in [9.17, 15) is 19.2 Å². The topological polar surface area (TPSA) is 98.8 Å². The highest BCUT2D eigenvalue weighted by Gasteiger charge is 2.12. The summed E-state index contributed by atoms with van der Waals surface area (Å²) in [6, 6.07) is 14.0. The number of Topliss-reactive ketones (excluding diaryl/α,β-unsaturated/α-hetero) is 1. The van der Waals surface area contributed by atoms with Gasteiger partial charge in [0.25, 0.3) is 5.91 Å². The Balaban J connectivity index is 1.67. The molecule has 0 radical (unpaired) electrons. The van der Waals surface area contributed by atoms with Crippen LogP contribution in [0.4, 0.5) is 0 Å². The Kier molecular flexibility index (Phi) is 9.42. The number of methoxy groups -OCH3 is 1. The van der Waals surface area contributed by atoms with Gasteiger partial charge in [0.15, 0.2) is 12.4 Å². The molecule has 1 amide bonds. The number of ketones is 1. The minimum absolute atomic E-state index is 0.0279. The van der Waals surface area contributed by atoms with Gasteiger partial charge in [0.05, 0.1) is 19.1 Å². The fourth-order valence-corrected chi connectivity index (χ4v) is 2.85. The Morgan fingerprint density at radius 2 is 1.45 bits per heavy atom. The summed E-state index contributed by atoms with van der Waals surface area (Å²) in [5, 5.41) is 2.62. The van der Waals surface area contributed by atoms with Crippen LogP contribution in [0.2, 0.25) is 0 Å². The minimum Gasteiger partial charge on any atom is -0.465 e. The predicted octanol–water partition coefficient (Wildman–Crippen LogP) is 3.25. The van der Waals surface area contributed by atoms with Crippen molar-refractivity contribution in [1.82, 2.24) is 5.32 Å². The van der Waals surface area contributed by atoms with Crippen molar-refractivity contribution in [2.24, 2.45) is 0 Å². The first-order valence-corrected chi connectivity index (χ1v) is 10.1. The molecular weight excluding hydrogens is 398 g/mol. The minimum atomic E-state index is -0.603. The fraction of sp³-hybridized carbons (Fsp3) is 0.333. The van der Waals surface area contributed by atoms with Gasteiger partial charge in [0.1, 0.15) is 0 Å². The molecule has 0 heterocycles. The molecule has 164 valence electrons. The summed E-state index contributed by atoms with van der Waals surface area (Å²) in [6.45, 7) is 1.90. The molecule has 1 N–H and O–H groups in total. The van der Waals surface area contributed by atoms with Crippen LogP contribution in [0.5, 0.6) is 0 Å². The first kappa shape index (κ1) is 23.8. The molecule has 7 nitrogen and oxygen atoms in total. The van der Waals surface area contributed by atoms with Crippen LogP contribution >= 0.6 is 0 Å². The molecule has 0 bridgehead atoms. The van der Waals surface area contributed by atoms with E-state index in [0.717, 1.165) is 18.4 Å². The standard InChI is InChI=1S/C24H27NO6/c1-3-4-17-5-9-19(10-6-17)21(26)13-14-23(28)31-16-22(27)25-15-18-7-11-20(12-8-18)24(29)30-2/h5-12H,3-4,13-16H2,1-2H3,(H,25,27). The lowest BCUT2D eigenvalue weighted by Crippen LogP contribution is -2.28. The first-order valence-electron chi connectivity index (χ1n) is 10.1. The van der Waals surface area contributed by atoms with Crippen LogP contribution in [0.3, 0.4) is 0 Å². The van der Waals surface area contributed by atoms with Gasteiger partial charge in [0, 0.05) is 18.5 Å². The van der Waals surface area contributed by atoms with Gasteiger partial charge in [0.2, 0.25) is 0 Å². The number of hydrogen-bond donors (Lipinski definition) is 1. The van der Waals surface area contributed by atoms with Gasteiger partial charge in [-0.1, -0.05) is 49.7 Å². The highest BCUT2D eigenvalue weighted by Crippen LogP contribution is 2.10. The second kappa shape index (κ2) is 12.3. The Hall–Kier alpha value is -3.48. The van der Waals surface area contributed by atoms with Gasteiger partial charge >= 0.3 is 11.9 Å². The Bertz CT molecular complexity index is 903. The molecule has 0 aliphatic heterocycles. The molecule has 0 atom stereocenters. The zero-order valence-electron chi connectivity index (χ0n) is 17.8. The van der Waals surface area contributed by atoms with E-state index in [2.05, 4.69) is 17.0 Å². The normalized spacial score (nSPS) is 10.3. The second-order valence-corrected chi connectivity index (χ2v) is 7.00. The van der Waals surface area contributed by atoms with Crippen molar-refractivity contribution in [1.29, 1.82) is 0 Å². The van der Waals surface area contributed by atoms with Crippen LogP contribution in [0.1, 0.15) is 58.0 Å². The lowest BCUT2D eigenvalue weighted by Gasteiger charge is -2.07. The van der Waals surface area contributed by atoms with Crippen LogP contribution in [0, 0.1) is 0 Å². The van der Waals surface area contributed by atoms with Crippen LogP contribution < -0.4 is 5.32 Å². The summed E-state index contributed by atoms with van der Waals surface area (Å²) in [5.74, 6) is -1.63. The monoisotopic (exact) mass is 425 g/mol. The van der Waals surface area contributed by atoms with Crippen LogP contribution in [0.25, 0.3) is 0 Å². The lowest BCUT2D eigenvalue weighted by atomic mass is 10.0. The number of amides is 1. The van der Waals surface area contributed by atoms with E-state index in [1.54, 1.807) is 36.4 Å². The maximum Gasteiger partial charge on any atom is 0.337 e. The molecule has 31 heavy (non-hydrogen) atoms. The maximum absolute atomic E-state index is 12.2. The average Bonchev–Trinajstić information content (AvgIpc) is 2.80. The third kappa shape index (κ3) is 8.04. The van der Waals surface area contributed by atoms with Crippen molar-refractivity contribution in [3.05, 3.63) is 70.8 Å². The van der Waals surface area contributed by atoms with Crippen LogP contribution in [0.15, 0.2) is 48.5 Å². The third-order valence-electron chi connectivity index (χ3n) is 4.60. The van der Waals surface area contributed by atoms with Gasteiger partial charge in [-0.3, -0.25) is 14.4 Å². The predicted molar refractivity (Wildman–Crippen MR) is 115 cm³/mol. The number of ether oxygens (including phenoxy) is 2. The summed E-state index contributed by atoms with van der Waals surface area (Å²) in [7, 11) is 1.30. The summed E-state index contributed by atoms with van der Waals surface area (Å²) in [6.07, 6.45) is 1.94. The average molecular weight is 425 g/mol. The van der Waals surface area contributed by atoms with E-state index in [1.807, 2.05) is 12.1 Å². The third-order valence-corrected chi connectivity index (χ3v) is 4.60. The number of aryl methyl sites for hydroxylation is 1. The largest absolute Gasteiger partial charge is 0.465 e. The fourth-order valence-electron chi connectivity index (χ4n) is 2.85. The highest BCUT2D eigenvalue weighted by atomic mass is 16.5. The van der Waals surface area contributed by atoms with Gasteiger partial charge in [-0.15, -0.1) is 0 Å². The Labute approximate surface area is 181 Å². The number of rotatable bonds is 11. The number of benzene rings is 2. The molecule has 0 aliphatic carbocycles.